The van der Waals surface area contributed by atoms with E-state index in [9.17, 15) is 26.5 Å². The van der Waals surface area contributed by atoms with Crippen LogP contribution in [0.15, 0.2) is 4.90 Å². The van der Waals surface area contributed by atoms with E-state index in [1.54, 1.807) is 0 Å². The summed E-state index contributed by atoms with van der Waals surface area (Å²) in [7, 11) is 0. The van der Waals surface area contributed by atoms with E-state index in [0.717, 1.165) is 0 Å². The first-order valence-electron chi connectivity index (χ1n) is 2.82. The monoisotopic (exact) mass is 222 g/mol. The van der Waals surface area contributed by atoms with Crippen LogP contribution >= 0.6 is 12.0 Å². The zero-order valence-electron chi connectivity index (χ0n) is 6.71. The molecule has 0 N–H and O–H groups in total. The molecule has 1 nitrogen and oxygen atoms in total. The normalized spacial score (nSPS) is 9.86. The Morgan fingerprint density at radius 2 is 1.00 bits per heavy atom. The number of benzene rings is 1. The summed E-state index contributed by atoms with van der Waals surface area (Å²) >= 11 is -0.788. The van der Waals surface area contributed by atoms with Gasteiger partial charge in [-0.2, -0.15) is 0 Å². The summed E-state index contributed by atoms with van der Waals surface area (Å²) in [6, 6.07) is 0. The molecular formula is C6F5LiOS. The molecule has 0 aromatic heterocycles. The molecule has 0 radical (unpaired) electrons. The van der Waals surface area contributed by atoms with Gasteiger partial charge >= 0.3 is 18.9 Å². The van der Waals surface area contributed by atoms with E-state index in [1.165, 1.54) is 0 Å². The maximum Gasteiger partial charge on any atom is 1.00 e. The third kappa shape index (κ3) is 2.06. The van der Waals surface area contributed by atoms with Crippen LogP contribution in [0.3, 0.4) is 0 Å². The van der Waals surface area contributed by atoms with E-state index >= 15 is 0 Å². The van der Waals surface area contributed by atoms with Gasteiger partial charge in [-0.25, -0.2) is 34.0 Å². The predicted molar refractivity (Wildman–Crippen MR) is 32.9 cm³/mol. The Morgan fingerprint density at radius 1 is 0.714 bits per heavy atom. The van der Waals surface area contributed by atoms with Crippen LogP contribution in [0.1, 0.15) is 0 Å². The van der Waals surface area contributed by atoms with Gasteiger partial charge in [-0.3, -0.25) is 0 Å². The molecule has 0 amide bonds. The van der Waals surface area contributed by atoms with Crippen LogP contribution in [-0.4, -0.2) is 4.55 Å². The first-order valence-corrected chi connectivity index (χ1v) is 3.56. The maximum atomic E-state index is 12.5. The zero-order valence-corrected chi connectivity index (χ0v) is 7.52. The fourth-order valence-corrected chi connectivity index (χ4v) is 0.983. The van der Waals surface area contributed by atoms with Crippen molar-refractivity contribution >= 4 is 12.0 Å². The SMILES string of the molecule is [Li+].[O-]Sc1c(F)c(F)c(F)c(F)c1F. The molecule has 72 valence electrons. The minimum Gasteiger partial charge on any atom is -0.795 e. The van der Waals surface area contributed by atoms with Gasteiger partial charge in [-0.1, -0.05) is 0 Å². The average molecular weight is 222 g/mol. The molecule has 0 saturated carbocycles. The maximum absolute atomic E-state index is 12.5. The van der Waals surface area contributed by atoms with E-state index in [-0.39, 0.29) is 18.9 Å². The summed E-state index contributed by atoms with van der Waals surface area (Å²) in [5.74, 6) is -10.7. The van der Waals surface area contributed by atoms with E-state index in [1.807, 2.05) is 0 Å². The van der Waals surface area contributed by atoms with Gasteiger partial charge in [0.1, 0.15) is 0 Å². The van der Waals surface area contributed by atoms with Gasteiger partial charge < -0.3 is 4.55 Å². The molecule has 0 unspecified atom stereocenters. The summed E-state index contributed by atoms with van der Waals surface area (Å²) < 4.78 is 71.7. The quantitative estimate of drug-likeness (QED) is 0.212. The molecule has 1 aromatic carbocycles. The Bertz CT molecular complexity index is 330. The Kier molecular flexibility index (Phi) is 4.95. The molecule has 0 spiro atoms. The standard InChI is InChI=1S/C6HF5OS.Li/c7-1-2(8)4(10)6(13-12)5(11)3(1)9;/h12H;/q;+1/p-1. The Labute approximate surface area is 91.7 Å². The summed E-state index contributed by atoms with van der Waals surface area (Å²) in [5, 5.41) is 0. The van der Waals surface area contributed by atoms with Gasteiger partial charge in [0, 0.05) is 0 Å². The number of hydrogen-bond donors (Lipinski definition) is 0. The molecule has 0 aliphatic heterocycles. The molecule has 1 rings (SSSR count). The molecule has 0 aliphatic rings. The molecule has 0 bridgehead atoms. The van der Waals surface area contributed by atoms with Crippen molar-refractivity contribution in [2.24, 2.45) is 0 Å². The van der Waals surface area contributed by atoms with Gasteiger partial charge in [0.15, 0.2) is 23.3 Å². The van der Waals surface area contributed by atoms with Crippen molar-refractivity contribution in [2.45, 2.75) is 4.90 Å². The van der Waals surface area contributed by atoms with E-state index in [0.29, 0.717) is 0 Å². The summed E-state index contributed by atoms with van der Waals surface area (Å²) in [5.41, 5.74) is 0. The van der Waals surface area contributed by atoms with Crippen LogP contribution in [0.5, 0.6) is 0 Å². The van der Waals surface area contributed by atoms with Crippen molar-refractivity contribution in [1.82, 2.24) is 0 Å². The molecule has 0 fully saturated rings. The smallest absolute Gasteiger partial charge is 0.795 e. The second kappa shape index (κ2) is 5.03. The van der Waals surface area contributed by atoms with Crippen LogP contribution in [-0.2, 0) is 0 Å². The minimum absolute atomic E-state index is 0. The van der Waals surface area contributed by atoms with Crippen LogP contribution in [0.2, 0.25) is 0 Å². The Hall–Kier alpha value is -0.223. The zero-order chi connectivity index (χ0) is 10.2. The van der Waals surface area contributed by atoms with Crippen molar-refractivity contribution in [3.8, 4) is 0 Å². The number of hydrogen-bond acceptors (Lipinski definition) is 2. The van der Waals surface area contributed by atoms with E-state index < -0.39 is 46.0 Å². The van der Waals surface area contributed by atoms with Crippen LogP contribution in [0, 0.1) is 29.1 Å². The average Bonchev–Trinajstić information content (AvgIpc) is 2.13. The Morgan fingerprint density at radius 3 is 1.29 bits per heavy atom. The fraction of sp³-hybridized carbons (Fsp3) is 0. The van der Waals surface area contributed by atoms with Crippen LogP contribution < -0.4 is 18.9 Å². The fourth-order valence-electron chi connectivity index (χ4n) is 0.658. The second-order valence-electron chi connectivity index (χ2n) is 1.98. The number of rotatable bonds is 1. The first-order chi connectivity index (χ1) is 6.00. The van der Waals surface area contributed by atoms with Crippen LogP contribution in [0.25, 0.3) is 0 Å². The summed E-state index contributed by atoms with van der Waals surface area (Å²) in [6.07, 6.45) is 0. The van der Waals surface area contributed by atoms with Crippen molar-refractivity contribution in [2.75, 3.05) is 0 Å². The largest absolute Gasteiger partial charge is 1.00 e. The molecule has 14 heavy (non-hydrogen) atoms. The number of halogens is 5. The molecule has 0 aliphatic carbocycles. The van der Waals surface area contributed by atoms with Crippen LogP contribution in [0.4, 0.5) is 22.0 Å². The minimum atomic E-state index is -2.27. The third-order valence-corrected chi connectivity index (χ3v) is 1.78. The van der Waals surface area contributed by atoms with Crippen molar-refractivity contribution < 1.29 is 45.4 Å². The predicted octanol–water partition coefficient (Wildman–Crippen LogP) is -0.391. The van der Waals surface area contributed by atoms with Gasteiger partial charge in [0.05, 0.1) is 4.90 Å². The van der Waals surface area contributed by atoms with Gasteiger partial charge in [-0.05, 0) is 0 Å². The van der Waals surface area contributed by atoms with Crippen molar-refractivity contribution in [3.05, 3.63) is 29.1 Å². The second-order valence-corrected chi connectivity index (χ2v) is 2.56. The topological polar surface area (TPSA) is 23.1 Å². The van der Waals surface area contributed by atoms with Gasteiger partial charge in [0.2, 0.25) is 5.82 Å². The van der Waals surface area contributed by atoms with Crippen molar-refractivity contribution in [3.63, 3.8) is 0 Å². The molecule has 8 heteroatoms. The Balaban J connectivity index is 0.00000169. The van der Waals surface area contributed by atoms with Crippen molar-refractivity contribution in [1.29, 1.82) is 0 Å². The van der Waals surface area contributed by atoms with E-state index in [2.05, 4.69) is 0 Å². The van der Waals surface area contributed by atoms with Gasteiger partial charge in [-0.15, -0.1) is 0 Å². The summed E-state index contributed by atoms with van der Waals surface area (Å²) in [4.78, 5) is -1.42. The third-order valence-electron chi connectivity index (χ3n) is 1.25. The summed E-state index contributed by atoms with van der Waals surface area (Å²) in [6.45, 7) is 0. The first kappa shape index (κ1) is 13.8. The van der Waals surface area contributed by atoms with E-state index in [4.69, 9.17) is 0 Å². The molecular weight excluding hydrogens is 222 g/mol. The molecule has 0 saturated heterocycles. The van der Waals surface area contributed by atoms with Gasteiger partial charge in [0.25, 0.3) is 0 Å². The molecule has 0 atom stereocenters. The molecule has 1 aromatic rings. The molecule has 0 heterocycles.